The third-order valence-electron chi connectivity index (χ3n) is 5.09. The van der Waals surface area contributed by atoms with E-state index in [4.69, 9.17) is 21.4 Å². The third kappa shape index (κ3) is 4.08. The summed E-state index contributed by atoms with van der Waals surface area (Å²) in [5.41, 5.74) is 4.16. The Kier molecular flexibility index (Phi) is 5.83. The molecule has 0 N–H and O–H groups in total. The molecule has 4 rings (SSSR count). The van der Waals surface area contributed by atoms with Gasteiger partial charge in [-0.05, 0) is 38.1 Å². The first-order valence-electron chi connectivity index (χ1n) is 9.99. The second-order valence-electron chi connectivity index (χ2n) is 7.89. The molecule has 0 amide bonds. The summed E-state index contributed by atoms with van der Waals surface area (Å²) in [5.74, 6) is 0.714. The average molecular weight is 461 g/mol. The van der Waals surface area contributed by atoms with Crippen molar-refractivity contribution in [3.8, 4) is 22.7 Å². The Labute approximate surface area is 188 Å². The van der Waals surface area contributed by atoms with E-state index in [1.165, 1.54) is 22.7 Å². The lowest BCUT2D eigenvalue weighted by molar-refractivity contribution is 0.241. The lowest BCUT2D eigenvalue weighted by atomic mass is 10.1. The van der Waals surface area contributed by atoms with Crippen molar-refractivity contribution in [2.75, 3.05) is 14.1 Å². The number of hydrogen-bond donors (Lipinski definition) is 0. The van der Waals surface area contributed by atoms with Crippen LogP contribution >= 0.6 is 11.6 Å². The maximum Gasteiger partial charge on any atom is 0.282 e. The van der Waals surface area contributed by atoms with Gasteiger partial charge in [-0.3, -0.25) is 0 Å². The number of hydrogen-bond acceptors (Lipinski definition) is 4. The lowest BCUT2D eigenvalue weighted by Gasteiger charge is -2.21. The van der Waals surface area contributed by atoms with Crippen molar-refractivity contribution in [3.63, 3.8) is 0 Å². The zero-order valence-electron chi connectivity index (χ0n) is 17.9. The lowest BCUT2D eigenvalue weighted by Crippen LogP contribution is -2.36. The molecule has 1 aromatic heterocycles. The minimum absolute atomic E-state index is 0.00302. The highest BCUT2D eigenvalue weighted by Crippen LogP contribution is 2.38. The van der Waals surface area contributed by atoms with Crippen LogP contribution in [0.1, 0.15) is 25.1 Å². The minimum Gasteiger partial charge on any atom is -0.489 e. The highest BCUT2D eigenvalue weighted by molar-refractivity contribution is 7.86. The Bertz CT molecular complexity index is 1200. The van der Waals surface area contributed by atoms with Gasteiger partial charge in [0.25, 0.3) is 10.2 Å². The van der Waals surface area contributed by atoms with Crippen LogP contribution in [0.2, 0.25) is 5.02 Å². The number of ether oxygens (including phenoxy) is 1. The molecular formula is C22H25ClN4O3S. The van der Waals surface area contributed by atoms with Gasteiger partial charge in [0.2, 0.25) is 0 Å². The van der Waals surface area contributed by atoms with E-state index in [2.05, 4.69) is 0 Å². The summed E-state index contributed by atoms with van der Waals surface area (Å²) < 4.78 is 35.9. The zero-order chi connectivity index (χ0) is 22.3. The number of halogens is 1. The molecule has 0 bridgehead atoms. The van der Waals surface area contributed by atoms with Crippen LogP contribution in [-0.2, 0) is 23.3 Å². The van der Waals surface area contributed by atoms with E-state index in [1.54, 1.807) is 0 Å². The van der Waals surface area contributed by atoms with Gasteiger partial charge in [0.15, 0.2) is 0 Å². The van der Waals surface area contributed by atoms with Gasteiger partial charge in [-0.15, -0.1) is 0 Å². The quantitative estimate of drug-likeness (QED) is 0.555. The van der Waals surface area contributed by atoms with Gasteiger partial charge in [-0.1, -0.05) is 35.9 Å². The van der Waals surface area contributed by atoms with Crippen LogP contribution < -0.4 is 4.74 Å². The van der Waals surface area contributed by atoms with E-state index in [1.807, 2.05) is 67.1 Å². The molecule has 0 radical (unpaired) electrons. The molecule has 31 heavy (non-hydrogen) atoms. The van der Waals surface area contributed by atoms with E-state index < -0.39 is 10.2 Å². The fourth-order valence-corrected chi connectivity index (χ4v) is 4.81. The Morgan fingerprint density at radius 3 is 2.39 bits per heavy atom. The number of aromatic nitrogens is 2. The van der Waals surface area contributed by atoms with Crippen molar-refractivity contribution >= 4 is 21.8 Å². The number of fused-ring (bicyclic) bond motifs is 1. The fourth-order valence-electron chi connectivity index (χ4n) is 3.65. The molecule has 0 spiro atoms. The predicted molar refractivity (Wildman–Crippen MR) is 122 cm³/mol. The maximum absolute atomic E-state index is 12.7. The largest absolute Gasteiger partial charge is 0.489 e. The molecule has 0 unspecified atom stereocenters. The molecule has 2 aromatic carbocycles. The Hall–Kier alpha value is -2.39. The van der Waals surface area contributed by atoms with Gasteiger partial charge in [0, 0.05) is 36.8 Å². The van der Waals surface area contributed by atoms with E-state index in [-0.39, 0.29) is 19.2 Å². The smallest absolute Gasteiger partial charge is 0.282 e. The van der Waals surface area contributed by atoms with Crippen LogP contribution in [0.3, 0.4) is 0 Å². The summed E-state index contributed by atoms with van der Waals surface area (Å²) >= 11 is 6.11. The van der Waals surface area contributed by atoms with Crippen LogP contribution in [0, 0.1) is 0 Å². The predicted octanol–water partition coefficient (Wildman–Crippen LogP) is 4.10. The maximum atomic E-state index is 12.7. The number of para-hydroxylation sites is 2. The summed E-state index contributed by atoms with van der Waals surface area (Å²) in [6, 6.07) is 15.2. The van der Waals surface area contributed by atoms with E-state index >= 15 is 0 Å². The molecule has 3 aromatic rings. The molecule has 0 aliphatic carbocycles. The fraction of sp³-hybridized carbons (Fsp3) is 0.318. The van der Waals surface area contributed by atoms with Crippen molar-refractivity contribution in [3.05, 3.63) is 64.8 Å². The topological polar surface area (TPSA) is 67.7 Å². The van der Waals surface area contributed by atoms with Gasteiger partial charge >= 0.3 is 0 Å². The number of nitrogens with zero attached hydrogens (tertiary/aromatic N) is 4. The molecule has 9 heteroatoms. The molecular weight excluding hydrogens is 436 g/mol. The van der Waals surface area contributed by atoms with Crippen LogP contribution in [0.25, 0.3) is 16.9 Å². The first-order chi connectivity index (χ1) is 14.7. The monoisotopic (exact) mass is 460 g/mol. The summed E-state index contributed by atoms with van der Waals surface area (Å²) in [5, 5.41) is 5.46. The minimum atomic E-state index is -3.55. The highest BCUT2D eigenvalue weighted by atomic mass is 35.5. The number of benzene rings is 2. The summed E-state index contributed by atoms with van der Waals surface area (Å²) in [7, 11) is -0.483. The second-order valence-corrected chi connectivity index (χ2v) is 10.5. The molecule has 0 atom stereocenters. The normalized spacial score (nSPS) is 14.4. The zero-order valence-corrected chi connectivity index (χ0v) is 19.5. The molecule has 1 aliphatic heterocycles. The first-order valence-corrected chi connectivity index (χ1v) is 11.8. The Morgan fingerprint density at radius 1 is 1.06 bits per heavy atom. The van der Waals surface area contributed by atoms with Crippen LogP contribution in [-0.4, -0.2) is 47.0 Å². The van der Waals surface area contributed by atoms with Crippen LogP contribution in [0.4, 0.5) is 0 Å². The van der Waals surface area contributed by atoms with E-state index in [0.29, 0.717) is 10.8 Å². The summed E-state index contributed by atoms with van der Waals surface area (Å²) in [6.07, 6.45) is 0.00302. The van der Waals surface area contributed by atoms with Gasteiger partial charge in [-0.2, -0.15) is 22.1 Å². The average Bonchev–Trinajstić information content (AvgIpc) is 3.27. The third-order valence-corrected chi connectivity index (χ3v) is 7.17. The molecule has 7 nitrogen and oxygen atoms in total. The van der Waals surface area contributed by atoms with Gasteiger partial charge < -0.3 is 4.74 Å². The molecule has 0 saturated heterocycles. The molecule has 2 heterocycles. The van der Waals surface area contributed by atoms with Gasteiger partial charge in [0.1, 0.15) is 11.4 Å². The first kappa shape index (κ1) is 21.8. The molecule has 164 valence electrons. The molecule has 0 saturated carbocycles. The molecule has 0 fully saturated rings. The SMILES string of the molecule is CC(C)Oc1ccccc1-n1nc2c(c1-c1ccc(Cl)cc1)CN(S(=O)(=O)N(C)C)C2. The van der Waals surface area contributed by atoms with Gasteiger partial charge in [-0.25, -0.2) is 4.68 Å². The van der Waals surface area contributed by atoms with E-state index in [0.717, 1.165) is 28.2 Å². The van der Waals surface area contributed by atoms with E-state index in [9.17, 15) is 8.42 Å². The van der Waals surface area contributed by atoms with Crippen molar-refractivity contribution < 1.29 is 13.2 Å². The van der Waals surface area contributed by atoms with Gasteiger partial charge in [0.05, 0.1) is 24.0 Å². The highest BCUT2D eigenvalue weighted by Gasteiger charge is 2.36. The summed E-state index contributed by atoms with van der Waals surface area (Å²) in [4.78, 5) is 0. The van der Waals surface area contributed by atoms with Crippen molar-refractivity contribution in [2.45, 2.75) is 33.0 Å². The summed E-state index contributed by atoms with van der Waals surface area (Å²) in [6.45, 7) is 4.42. The van der Waals surface area contributed by atoms with Crippen molar-refractivity contribution in [1.82, 2.24) is 18.4 Å². The van der Waals surface area contributed by atoms with Crippen molar-refractivity contribution in [2.24, 2.45) is 0 Å². The Morgan fingerprint density at radius 2 is 1.74 bits per heavy atom. The Balaban J connectivity index is 1.88. The molecule has 1 aliphatic rings. The second kappa shape index (κ2) is 8.27. The van der Waals surface area contributed by atoms with Crippen LogP contribution in [0.5, 0.6) is 5.75 Å². The van der Waals surface area contributed by atoms with Crippen LogP contribution in [0.15, 0.2) is 48.5 Å². The van der Waals surface area contributed by atoms with Crippen molar-refractivity contribution in [1.29, 1.82) is 0 Å². The standard InChI is InChI=1S/C22H25ClN4O3S/c1-15(2)30-21-8-6-5-7-20(21)27-22(16-9-11-17(23)12-10-16)18-13-26(14-19(18)24-27)31(28,29)25(3)4/h5-12,15H,13-14H2,1-4H3. The number of rotatable bonds is 6.